The SMILES string of the molecule is O=C(CN1C(=O)N[C@]2(CCCc3ccccc32)C1=O)Oc1ccc2c(c1)OCO2. The number of carbonyl (C=O) groups excluding carboxylic acids is 3. The molecule has 2 aromatic carbocycles. The van der Waals surface area contributed by atoms with Crippen molar-refractivity contribution >= 4 is 17.9 Å². The summed E-state index contributed by atoms with van der Waals surface area (Å²) in [5.41, 5.74) is 0.735. The summed E-state index contributed by atoms with van der Waals surface area (Å²) in [6.07, 6.45) is 2.13. The number of rotatable bonds is 3. The van der Waals surface area contributed by atoms with Crippen LogP contribution >= 0.6 is 0 Å². The number of carbonyl (C=O) groups is 3. The Bertz CT molecular complexity index is 1040. The van der Waals surface area contributed by atoms with Gasteiger partial charge in [0.15, 0.2) is 11.5 Å². The van der Waals surface area contributed by atoms with E-state index in [4.69, 9.17) is 14.2 Å². The van der Waals surface area contributed by atoms with Crippen molar-refractivity contribution in [2.45, 2.75) is 24.8 Å². The number of imide groups is 1. The number of nitrogens with zero attached hydrogens (tertiary/aromatic N) is 1. The summed E-state index contributed by atoms with van der Waals surface area (Å²) in [5.74, 6) is 0.162. The third-order valence-electron chi connectivity index (χ3n) is 5.51. The van der Waals surface area contributed by atoms with Crippen molar-refractivity contribution in [3.05, 3.63) is 53.6 Å². The van der Waals surface area contributed by atoms with E-state index in [9.17, 15) is 14.4 Å². The molecule has 2 aliphatic heterocycles. The largest absolute Gasteiger partial charge is 0.454 e. The summed E-state index contributed by atoms with van der Waals surface area (Å²) < 4.78 is 15.8. The molecule has 0 radical (unpaired) electrons. The van der Waals surface area contributed by atoms with Crippen molar-refractivity contribution in [1.29, 1.82) is 0 Å². The third-order valence-corrected chi connectivity index (χ3v) is 5.51. The second-order valence-electron chi connectivity index (χ2n) is 7.23. The Labute approximate surface area is 166 Å². The summed E-state index contributed by atoms with van der Waals surface area (Å²) >= 11 is 0. The first-order valence-electron chi connectivity index (χ1n) is 9.40. The Hall–Kier alpha value is -3.55. The first-order chi connectivity index (χ1) is 14.1. The minimum atomic E-state index is -1.11. The molecule has 29 heavy (non-hydrogen) atoms. The number of esters is 1. The second-order valence-corrected chi connectivity index (χ2v) is 7.23. The Balaban J connectivity index is 1.34. The highest BCUT2D eigenvalue weighted by Gasteiger charge is 2.54. The number of aryl methyl sites for hydroxylation is 1. The summed E-state index contributed by atoms with van der Waals surface area (Å²) in [5, 5.41) is 2.82. The lowest BCUT2D eigenvalue weighted by Crippen LogP contribution is -2.47. The maximum Gasteiger partial charge on any atom is 0.331 e. The Morgan fingerprint density at radius 3 is 2.86 bits per heavy atom. The Kier molecular flexibility index (Phi) is 3.94. The topological polar surface area (TPSA) is 94.2 Å². The highest BCUT2D eigenvalue weighted by molar-refractivity contribution is 6.09. The van der Waals surface area contributed by atoms with Gasteiger partial charge in [-0.3, -0.25) is 9.69 Å². The van der Waals surface area contributed by atoms with Crippen LogP contribution in [0.3, 0.4) is 0 Å². The molecule has 0 aromatic heterocycles. The second kappa shape index (κ2) is 6.51. The molecule has 3 aliphatic rings. The van der Waals surface area contributed by atoms with Gasteiger partial charge in [0.05, 0.1) is 0 Å². The van der Waals surface area contributed by atoms with Gasteiger partial charge in [0.1, 0.15) is 17.8 Å². The predicted octanol–water partition coefficient (Wildman–Crippen LogP) is 2.10. The molecule has 1 atom stereocenters. The molecule has 1 fully saturated rings. The van der Waals surface area contributed by atoms with Crippen molar-refractivity contribution in [2.75, 3.05) is 13.3 Å². The van der Waals surface area contributed by atoms with Crippen LogP contribution in [0.15, 0.2) is 42.5 Å². The van der Waals surface area contributed by atoms with Gasteiger partial charge in [-0.25, -0.2) is 9.59 Å². The van der Waals surface area contributed by atoms with Crippen LogP contribution in [0.5, 0.6) is 17.2 Å². The predicted molar refractivity (Wildman–Crippen MR) is 99.5 cm³/mol. The number of hydrogen-bond donors (Lipinski definition) is 1. The van der Waals surface area contributed by atoms with E-state index in [2.05, 4.69) is 5.32 Å². The van der Waals surface area contributed by atoms with Crippen molar-refractivity contribution in [2.24, 2.45) is 0 Å². The van der Waals surface area contributed by atoms with Crippen molar-refractivity contribution < 1.29 is 28.6 Å². The highest BCUT2D eigenvalue weighted by atomic mass is 16.7. The van der Waals surface area contributed by atoms with Gasteiger partial charge in [-0.2, -0.15) is 0 Å². The molecule has 2 heterocycles. The first kappa shape index (κ1) is 17.5. The zero-order valence-corrected chi connectivity index (χ0v) is 15.5. The van der Waals surface area contributed by atoms with E-state index in [1.165, 1.54) is 6.07 Å². The number of fused-ring (bicyclic) bond motifs is 3. The average molecular weight is 394 g/mol. The average Bonchev–Trinajstić information content (AvgIpc) is 3.27. The van der Waals surface area contributed by atoms with Crippen LogP contribution in [0.25, 0.3) is 0 Å². The molecule has 1 spiro atoms. The monoisotopic (exact) mass is 394 g/mol. The van der Waals surface area contributed by atoms with Gasteiger partial charge < -0.3 is 19.5 Å². The van der Waals surface area contributed by atoms with Crippen LogP contribution in [0.4, 0.5) is 4.79 Å². The van der Waals surface area contributed by atoms with Crippen LogP contribution in [0, 0.1) is 0 Å². The standard InChI is InChI=1S/C21H18N2O6/c24-18(29-14-7-8-16-17(10-14)28-12-27-16)11-23-19(25)21(22-20(23)26)9-3-5-13-4-1-2-6-15(13)21/h1-2,4,6-8,10H,3,5,9,11-12H2,(H,22,26)/t21-/m0/s1. The number of benzene rings is 2. The summed E-state index contributed by atoms with van der Waals surface area (Å²) in [6.45, 7) is -0.359. The van der Waals surface area contributed by atoms with Gasteiger partial charge in [0.25, 0.3) is 5.91 Å². The van der Waals surface area contributed by atoms with E-state index in [-0.39, 0.29) is 12.5 Å². The van der Waals surface area contributed by atoms with Gasteiger partial charge in [-0.05, 0) is 42.5 Å². The van der Waals surface area contributed by atoms with E-state index in [1.54, 1.807) is 12.1 Å². The molecule has 1 aliphatic carbocycles. The number of ether oxygens (including phenoxy) is 3. The van der Waals surface area contributed by atoms with Crippen molar-refractivity contribution in [1.82, 2.24) is 10.2 Å². The molecule has 0 saturated carbocycles. The van der Waals surface area contributed by atoms with Crippen LogP contribution in [0.1, 0.15) is 24.0 Å². The summed E-state index contributed by atoms with van der Waals surface area (Å²) in [6, 6.07) is 11.7. The minimum Gasteiger partial charge on any atom is -0.454 e. The van der Waals surface area contributed by atoms with Crippen molar-refractivity contribution in [3.8, 4) is 17.2 Å². The number of amides is 3. The zero-order chi connectivity index (χ0) is 20.0. The van der Waals surface area contributed by atoms with E-state index >= 15 is 0 Å². The smallest absolute Gasteiger partial charge is 0.331 e. The van der Waals surface area contributed by atoms with E-state index in [1.807, 2.05) is 24.3 Å². The molecule has 5 rings (SSSR count). The maximum absolute atomic E-state index is 13.2. The fourth-order valence-electron chi connectivity index (χ4n) is 4.19. The fraction of sp³-hybridized carbons (Fsp3) is 0.286. The molecule has 3 amide bonds. The van der Waals surface area contributed by atoms with Gasteiger partial charge in [0, 0.05) is 6.07 Å². The van der Waals surface area contributed by atoms with Gasteiger partial charge in [0.2, 0.25) is 6.79 Å². The maximum atomic E-state index is 13.2. The molecule has 1 N–H and O–H groups in total. The molecule has 2 aromatic rings. The normalized spacial score (nSPS) is 21.9. The number of hydrogen-bond acceptors (Lipinski definition) is 6. The van der Waals surface area contributed by atoms with Crippen LogP contribution in [-0.2, 0) is 21.5 Å². The Morgan fingerprint density at radius 1 is 1.14 bits per heavy atom. The first-order valence-corrected chi connectivity index (χ1v) is 9.40. The lowest BCUT2D eigenvalue weighted by Gasteiger charge is -2.33. The molecule has 0 unspecified atom stereocenters. The quantitative estimate of drug-likeness (QED) is 0.487. The van der Waals surface area contributed by atoms with E-state index in [0.29, 0.717) is 17.9 Å². The zero-order valence-electron chi connectivity index (χ0n) is 15.5. The number of nitrogens with one attached hydrogen (secondary N) is 1. The van der Waals surface area contributed by atoms with E-state index < -0.39 is 30.0 Å². The molecular formula is C21H18N2O6. The van der Waals surface area contributed by atoms with Crippen LogP contribution < -0.4 is 19.5 Å². The molecule has 8 nitrogen and oxygen atoms in total. The molecule has 8 heteroatoms. The molecule has 0 bridgehead atoms. The lowest BCUT2D eigenvalue weighted by atomic mass is 9.76. The lowest BCUT2D eigenvalue weighted by molar-refractivity contribution is -0.141. The van der Waals surface area contributed by atoms with Gasteiger partial charge in [-0.15, -0.1) is 0 Å². The highest BCUT2D eigenvalue weighted by Crippen LogP contribution is 2.40. The minimum absolute atomic E-state index is 0.110. The summed E-state index contributed by atoms with van der Waals surface area (Å²) in [7, 11) is 0. The Morgan fingerprint density at radius 2 is 1.97 bits per heavy atom. The molecule has 1 saturated heterocycles. The summed E-state index contributed by atoms with van der Waals surface area (Å²) in [4.78, 5) is 39.1. The van der Waals surface area contributed by atoms with Gasteiger partial charge >= 0.3 is 12.0 Å². The third kappa shape index (κ3) is 2.79. The van der Waals surface area contributed by atoms with Crippen molar-refractivity contribution in [3.63, 3.8) is 0 Å². The van der Waals surface area contributed by atoms with Gasteiger partial charge in [-0.1, -0.05) is 24.3 Å². The molecule has 148 valence electrons. The molecular weight excluding hydrogens is 376 g/mol. The van der Waals surface area contributed by atoms with E-state index in [0.717, 1.165) is 28.9 Å². The van der Waals surface area contributed by atoms with Crippen LogP contribution in [-0.4, -0.2) is 36.1 Å². The number of urea groups is 1. The van der Waals surface area contributed by atoms with Crippen LogP contribution in [0.2, 0.25) is 0 Å². The fourth-order valence-corrected chi connectivity index (χ4v) is 4.19.